The lowest BCUT2D eigenvalue weighted by atomic mass is 10.2. The zero-order valence-electron chi connectivity index (χ0n) is 14.3. The Balaban J connectivity index is 1.78. The van der Waals surface area contributed by atoms with Gasteiger partial charge in [-0.05, 0) is 13.3 Å². The molecule has 3 rings (SSSR count). The Morgan fingerprint density at radius 1 is 1.35 bits per heavy atom. The van der Waals surface area contributed by atoms with Gasteiger partial charge in [0.25, 0.3) is 0 Å². The van der Waals surface area contributed by atoms with Crippen LogP contribution >= 0.6 is 11.8 Å². The van der Waals surface area contributed by atoms with Crippen molar-refractivity contribution in [1.29, 1.82) is 0 Å². The summed E-state index contributed by atoms with van der Waals surface area (Å²) in [5, 5.41) is 6.47. The molecule has 1 aromatic carbocycles. The van der Waals surface area contributed by atoms with Crippen LogP contribution in [-0.4, -0.2) is 26.3 Å². The number of aromatic amines is 1. The Bertz CT molecular complexity index is 886. The van der Waals surface area contributed by atoms with Crippen LogP contribution in [-0.2, 0) is 4.79 Å². The molecule has 2 N–H and O–H groups in total. The van der Waals surface area contributed by atoms with E-state index in [1.54, 1.807) is 13.0 Å². The number of amides is 1. The van der Waals surface area contributed by atoms with Crippen molar-refractivity contribution in [3.8, 4) is 0 Å². The summed E-state index contributed by atoms with van der Waals surface area (Å²) in [6.45, 7) is 3.77. The van der Waals surface area contributed by atoms with Gasteiger partial charge in [0.2, 0.25) is 5.91 Å². The summed E-state index contributed by atoms with van der Waals surface area (Å²) in [6, 6.07) is 3.72. The number of hydrogen-bond donors (Lipinski definition) is 2. The molecular weight excluding hydrogens is 362 g/mol. The highest BCUT2D eigenvalue weighted by Gasteiger charge is 2.22. The van der Waals surface area contributed by atoms with Gasteiger partial charge in [0.15, 0.2) is 22.6 Å². The highest BCUT2D eigenvalue weighted by atomic mass is 32.2. The van der Waals surface area contributed by atoms with E-state index >= 15 is 0 Å². The van der Waals surface area contributed by atoms with Crippen LogP contribution < -0.4 is 5.32 Å². The van der Waals surface area contributed by atoms with E-state index in [1.165, 1.54) is 11.8 Å². The Hall–Kier alpha value is -2.42. The molecule has 0 saturated heterocycles. The van der Waals surface area contributed by atoms with Crippen LogP contribution in [0.1, 0.15) is 31.9 Å². The molecule has 6 nitrogen and oxygen atoms in total. The molecule has 0 aliphatic carbocycles. The van der Waals surface area contributed by atoms with E-state index in [-0.39, 0.29) is 5.91 Å². The quantitative estimate of drug-likeness (QED) is 0.593. The van der Waals surface area contributed by atoms with Crippen molar-refractivity contribution in [3.05, 3.63) is 35.6 Å². The first-order valence-corrected chi connectivity index (χ1v) is 9.10. The number of carbonyl (C=O) groups excluding carboxylic acids is 1. The number of hydrogen-bond acceptors (Lipinski definition) is 5. The Morgan fingerprint density at radius 3 is 2.81 bits per heavy atom. The van der Waals surface area contributed by atoms with Gasteiger partial charge in [0, 0.05) is 18.2 Å². The van der Waals surface area contributed by atoms with E-state index in [1.807, 2.05) is 6.92 Å². The number of rotatable bonds is 7. The lowest BCUT2D eigenvalue weighted by molar-refractivity contribution is -0.115. The Kier molecular flexibility index (Phi) is 5.55. The van der Waals surface area contributed by atoms with Crippen molar-refractivity contribution in [2.24, 2.45) is 0 Å². The van der Waals surface area contributed by atoms with Crippen LogP contribution in [0.2, 0.25) is 0 Å². The van der Waals surface area contributed by atoms with E-state index in [0.717, 1.165) is 25.0 Å². The van der Waals surface area contributed by atoms with Gasteiger partial charge in [-0.1, -0.05) is 36.7 Å². The number of carbonyl (C=O) groups is 1. The van der Waals surface area contributed by atoms with Gasteiger partial charge in [-0.2, -0.15) is 0 Å². The number of H-pyrrole nitrogens is 1. The molecule has 1 atom stereocenters. The predicted octanol–water partition coefficient (Wildman–Crippen LogP) is 4.43. The van der Waals surface area contributed by atoms with Crippen LogP contribution in [0.25, 0.3) is 11.0 Å². The summed E-state index contributed by atoms with van der Waals surface area (Å²) in [6.07, 6.45) is 2.42. The molecule has 0 aliphatic heterocycles. The lowest BCUT2D eigenvalue weighted by Gasteiger charge is -2.13. The molecule has 138 valence electrons. The summed E-state index contributed by atoms with van der Waals surface area (Å²) < 4.78 is 31.6. The fourth-order valence-electron chi connectivity index (χ4n) is 2.44. The van der Waals surface area contributed by atoms with Gasteiger partial charge in [-0.25, -0.2) is 13.8 Å². The highest BCUT2D eigenvalue weighted by molar-refractivity contribution is 8.00. The second-order valence-corrected chi connectivity index (χ2v) is 7.08. The third kappa shape index (κ3) is 4.21. The first-order chi connectivity index (χ1) is 12.5. The molecule has 1 amide bonds. The Labute approximate surface area is 152 Å². The fraction of sp³-hybridized carbons (Fsp3) is 0.353. The summed E-state index contributed by atoms with van der Waals surface area (Å²) >= 11 is 1.22. The molecule has 0 spiro atoms. The first kappa shape index (κ1) is 18.4. The number of aromatic nitrogens is 3. The normalized spacial score (nSPS) is 12.5. The number of fused-ring (bicyclic) bond motifs is 1. The van der Waals surface area contributed by atoms with E-state index < -0.39 is 16.9 Å². The Morgan fingerprint density at radius 2 is 2.12 bits per heavy atom. The van der Waals surface area contributed by atoms with E-state index in [0.29, 0.717) is 34.2 Å². The molecule has 0 bridgehead atoms. The standard InChI is InChI=1S/C17H18F2N4O2S/c1-3-4-5-14(16(24)22-15-6-9(2)25-23-15)26-17-20-12-7-10(18)11(19)8-13(12)21-17/h6-8,14H,3-5H2,1-2H3,(H,20,21)(H,22,23,24). The molecule has 0 aliphatic rings. The van der Waals surface area contributed by atoms with Crippen molar-refractivity contribution in [3.63, 3.8) is 0 Å². The van der Waals surface area contributed by atoms with Crippen LogP contribution in [0.5, 0.6) is 0 Å². The number of halogens is 2. The lowest BCUT2D eigenvalue weighted by Crippen LogP contribution is -2.25. The van der Waals surface area contributed by atoms with Crippen LogP contribution in [0.15, 0.2) is 27.9 Å². The van der Waals surface area contributed by atoms with Gasteiger partial charge in [0.1, 0.15) is 5.76 Å². The average molecular weight is 380 g/mol. The number of nitrogens with one attached hydrogen (secondary N) is 2. The highest BCUT2D eigenvalue weighted by Crippen LogP contribution is 2.28. The van der Waals surface area contributed by atoms with E-state index in [2.05, 4.69) is 20.4 Å². The van der Waals surface area contributed by atoms with Crippen molar-refractivity contribution in [2.45, 2.75) is 43.5 Å². The van der Waals surface area contributed by atoms with Crippen molar-refractivity contribution >= 4 is 34.5 Å². The predicted molar refractivity (Wildman–Crippen MR) is 95.0 cm³/mol. The molecule has 9 heteroatoms. The van der Waals surface area contributed by atoms with Crippen molar-refractivity contribution < 1.29 is 18.1 Å². The smallest absolute Gasteiger partial charge is 0.239 e. The summed E-state index contributed by atoms with van der Waals surface area (Å²) in [5.41, 5.74) is 0.696. The maximum Gasteiger partial charge on any atom is 0.239 e. The average Bonchev–Trinajstić information content (AvgIpc) is 3.17. The maximum atomic E-state index is 13.3. The fourth-order valence-corrected chi connectivity index (χ4v) is 3.48. The molecule has 2 aromatic heterocycles. The SMILES string of the molecule is CCCCC(Sc1nc2cc(F)c(F)cc2[nH]1)C(=O)Nc1cc(C)on1. The van der Waals surface area contributed by atoms with Gasteiger partial charge >= 0.3 is 0 Å². The number of unbranched alkanes of at least 4 members (excludes halogenated alkanes) is 1. The number of benzene rings is 1. The molecule has 3 aromatic rings. The number of thioether (sulfide) groups is 1. The van der Waals surface area contributed by atoms with Gasteiger partial charge < -0.3 is 14.8 Å². The van der Waals surface area contributed by atoms with Gasteiger partial charge in [-0.3, -0.25) is 4.79 Å². The summed E-state index contributed by atoms with van der Waals surface area (Å²) in [5.74, 6) is -1.18. The zero-order chi connectivity index (χ0) is 18.7. The molecule has 2 heterocycles. The van der Waals surface area contributed by atoms with Gasteiger partial charge in [0.05, 0.1) is 16.3 Å². The number of anilines is 1. The first-order valence-electron chi connectivity index (χ1n) is 8.22. The number of aryl methyl sites for hydroxylation is 1. The molecule has 0 radical (unpaired) electrons. The summed E-state index contributed by atoms with van der Waals surface area (Å²) in [4.78, 5) is 19.7. The minimum atomic E-state index is -0.956. The van der Waals surface area contributed by atoms with Gasteiger partial charge in [-0.15, -0.1) is 0 Å². The van der Waals surface area contributed by atoms with Crippen LogP contribution in [0, 0.1) is 18.6 Å². The number of imidazole rings is 1. The molecule has 1 unspecified atom stereocenters. The minimum Gasteiger partial charge on any atom is -0.360 e. The molecule has 26 heavy (non-hydrogen) atoms. The summed E-state index contributed by atoms with van der Waals surface area (Å²) in [7, 11) is 0. The minimum absolute atomic E-state index is 0.227. The topological polar surface area (TPSA) is 83.8 Å². The van der Waals surface area contributed by atoms with Crippen molar-refractivity contribution in [1.82, 2.24) is 15.1 Å². The third-order valence-electron chi connectivity index (χ3n) is 3.75. The maximum absolute atomic E-state index is 13.3. The zero-order valence-corrected chi connectivity index (χ0v) is 15.1. The molecular formula is C17H18F2N4O2S. The second kappa shape index (κ2) is 7.86. The molecule has 0 fully saturated rings. The number of nitrogens with zero attached hydrogens (tertiary/aromatic N) is 2. The largest absolute Gasteiger partial charge is 0.360 e. The third-order valence-corrected chi connectivity index (χ3v) is 4.90. The second-order valence-electron chi connectivity index (χ2n) is 5.89. The molecule has 0 saturated carbocycles. The monoisotopic (exact) mass is 380 g/mol. The van der Waals surface area contributed by atoms with Crippen molar-refractivity contribution in [2.75, 3.05) is 5.32 Å². The van der Waals surface area contributed by atoms with E-state index in [9.17, 15) is 13.6 Å². The van der Waals surface area contributed by atoms with Crippen LogP contribution in [0.3, 0.4) is 0 Å². The van der Waals surface area contributed by atoms with E-state index in [4.69, 9.17) is 4.52 Å². The van der Waals surface area contributed by atoms with Crippen LogP contribution in [0.4, 0.5) is 14.6 Å².